The standard InChI is InChI=1S/C18H14Br8O2/c19-10(20)5-2-7-1-4-9(27)12(8(7)3-6-11(21)22)13-14(23)15(24)16(25)17(26)18(13)28/h1,4,10-11,27-28H,2-3,5-6H2. The van der Waals surface area contributed by atoms with Gasteiger partial charge in [-0.05, 0) is 107 Å². The third-order valence-electron chi connectivity index (χ3n) is 4.12. The number of rotatable bonds is 7. The SMILES string of the molecule is Oc1ccc(CCC(Br)Br)c(CCC(Br)Br)c1-c1c(O)c(Br)c(Br)c(Br)c1Br. The molecule has 0 bridgehead atoms. The van der Waals surface area contributed by atoms with E-state index in [9.17, 15) is 10.2 Å². The van der Waals surface area contributed by atoms with Crippen LogP contribution in [0.1, 0.15) is 24.0 Å². The maximum absolute atomic E-state index is 10.9. The van der Waals surface area contributed by atoms with Gasteiger partial charge < -0.3 is 10.2 Å². The molecule has 0 fully saturated rings. The zero-order valence-corrected chi connectivity index (χ0v) is 26.7. The van der Waals surface area contributed by atoms with Crippen molar-refractivity contribution in [2.45, 2.75) is 33.2 Å². The van der Waals surface area contributed by atoms with Crippen molar-refractivity contribution in [3.05, 3.63) is 41.2 Å². The van der Waals surface area contributed by atoms with Gasteiger partial charge >= 0.3 is 0 Å². The Hall–Kier alpha value is 1.88. The molecule has 0 amide bonds. The minimum atomic E-state index is 0.0590. The molecule has 2 N–H and O–H groups in total. The van der Waals surface area contributed by atoms with Crippen molar-refractivity contribution in [3.63, 3.8) is 0 Å². The lowest BCUT2D eigenvalue weighted by Crippen LogP contribution is -2.03. The van der Waals surface area contributed by atoms with Gasteiger partial charge in [-0.1, -0.05) is 69.8 Å². The molecule has 0 aliphatic heterocycles. The first kappa shape index (κ1) is 26.1. The van der Waals surface area contributed by atoms with Crippen LogP contribution in [0.5, 0.6) is 11.5 Å². The molecule has 0 aliphatic carbocycles. The van der Waals surface area contributed by atoms with Crippen LogP contribution in [-0.2, 0) is 12.8 Å². The fourth-order valence-electron chi connectivity index (χ4n) is 2.84. The highest BCUT2D eigenvalue weighted by molar-refractivity contribution is 9.25. The molecular formula is C18H14Br8O2. The van der Waals surface area contributed by atoms with Gasteiger partial charge in [-0.2, -0.15) is 0 Å². The van der Waals surface area contributed by atoms with Gasteiger partial charge in [-0.3, -0.25) is 0 Å². The summed E-state index contributed by atoms with van der Waals surface area (Å²) in [7, 11) is 0. The second kappa shape index (κ2) is 11.7. The summed E-state index contributed by atoms with van der Waals surface area (Å²) in [5.41, 5.74) is 3.34. The van der Waals surface area contributed by atoms with Crippen molar-refractivity contribution in [3.8, 4) is 22.6 Å². The van der Waals surface area contributed by atoms with Crippen LogP contribution in [0.15, 0.2) is 30.0 Å². The van der Waals surface area contributed by atoms with Crippen molar-refractivity contribution in [1.82, 2.24) is 0 Å². The Kier molecular flexibility index (Phi) is 10.9. The third kappa shape index (κ3) is 6.23. The molecule has 0 spiro atoms. The molecule has 0 saturated heterocycles. The summed E-state index contributed by atoms with van der Waals surface area (Å²) in [4.78, 5) is 0. The van der Waals surface area contributed by atoms with E-state index in [4.69, 9.17) is 0 Å². The monoisotopic (exact) mass is 893 g/mol. The zero-order chi connectivity index (χ0) is 21.2. The number of aryl methyl sites for hydroxylation is 1. The predicted molar refractivity (Wildman–Crippen MR) is 146 cm³/mol. The zero-order valence-electron chi connectivity index (χ0n) is 14.1. The molecule has 0 atom stereocenters. The molecule has 28 heavy (non-hydrogen) atoms. The highest BCUT2D eigenvalue weighted by Gasteiger charge is 2.25. The number of phenolic OH excluding ortho intramolecular Hbond substituents is 2. The van der Waals surface area contributed by atoms with Crippen molar-refractivity contribution in [1.29, 1.82) is 0 Å². The fourth-order valence-corrected chi connectivity index (χ4v) is 6.05. The van der Waals surface area contributed by atoms with E-state index in [2.05, 4.69) is 127 Å². The van der Waals surface area contributed by atoms with Crippen LogP contribution in [0.25, 0.3) is 11.1 Å². The van der Waals surface area contributed by atoms with Gasteiger partial charge in [0, 0.05) is 20.1 Å². The van der Waals surface area contributed by atoms with Crippen molar-refractivity contribution < 1.29 is 10.2 Å². The normalized spacial score (nSPS) is 11.6. The van der Waals surface area contributed by atoms with Crippen LogP contribution in [-0.4, -0.2) is 17.7 Å². The summed E-state index contributed by atoms with van der Waals surface area (Å²) in [5, 5.41) is 21.7. The minimum Gasteiger partial charge on any atom is -0.507 e. The Balaban J connectivity index is 2.77. The van der Waals surface area contributed by atoms with E-state index in [1.807, 2.05) is 6.07 Å². The van der Waals surface area contributed by atoms with Gasteiger partial charge in [0.05, 0.1) is 16.4 Å². The van der Waals surface area contributed by atoms with E-state index < -0.39 is 0 Å². The van der Waals surface area contributed by atoms with Crippen LogP contribution in [0.2, 0.25) is 0 Å². The Morgan fingerprint density at radius 1 is 0.679 bits per heavy atom. The molecule has 2 aromatic rings. The molecule has 0 radical (unpaired) electrons. The Bertz CT molecular complexity index is 838. The smallest absolute Gasteiger partial charge is 0.140 e. The number of phenols is 2. The number of benzene rings is 2. The third-order valence-corrected chi connectivity index (χ3v) is 10.7. The number of halogens is 8. The van der Waals surface area contributed by atoms with E-state index >= 15 is 0 Å². The Morgan fingerprint density at radius 2 is 1.21 bits per heavy atom. The van der Waals surface area contributed by atoms with Crippen LogP contribution < -0.4 is 0 Å². The van der Waals surface area contributed by atoms with Crippen LogP contribution in [0.3, 0.4) is 0 Å². The van der Waals surface area contributed by atoms with Gasteiger partial charge in [-0.25, -0.2) is 0 Å². The predicted octanol–water partition coefficient (Wildman–Crippen LogP) is 9.91. The van der Waals surface area contributed by atoms with Crippen molar-refractivity contribution in [2.24, 2.45) is 0 Å². The van der Waals surface area contributed by atoms with Crippen molar-refractivity contribution >= 4 is 127 Å². The van der Waals surface area contributed by atoms with Gasteiger partial charge in [0.2, 0.25) is 0 Å². The second-order valence-corrected chi connectivity index (χ2v) is 16.0. The number of aromatic hydroxyl groups is 2. The van der Waals surface area contributed by atoms with Crippen LogP contribution in [0, 0.1) is 0 Å². The van der Waals surface area contributed by atoms with Crippen LogP contribution >= 0.6 is 127 Å². The Labute approximate surface area is 231 Å². The summed E-state index contributed by atoms with van der Waals surface area (Å²) in [5.74, 6) is 0.189. The van der Waals surface area contributed by atoms with Crippen LogP contribution in [0.4, 0.5) is 0 Å². The van der Waals surface area contributed by atoms with Gasteiger partial charge in [0.25, 0.3) is 0 Å². The fraction of sp³-hybridized carbons (Fsp3) is 0.333. The molecule has 0 saturated carbocycles. The van der Waals surface area contributed by atoms with E-state index in [0.29, 0.717) is 24.5 Å². The molecule has 0 aromatic heterocycles. The minimum absolute atomic E-state index is 0.0590. The number of alkyl halides is 4. The maximum Gasteiger partial charge on any atom is 0.140 e. The highest BCUT2D eigenvalue weighted by Crippen LogP contribution is 2.53. The van der Waals surface area contributed by atoms with E-state index in [1.165, 1.54) is 0 Å². The lowest BCUT2D eigenvalue weighted by Gasteiger charge is -2.21. The summed E-state index contributed by atoms with van der Waals surface area (Å²) in [6.45, 7) is 0. The van der Waals surface area contributed by atoms with Gasteiger partial charge in [-0.15, -0.1) is 0 Å². The maximum atomic E-state index is 10.9. The first-order valence-electron chi connectivity index (χ1n) is 8.01. The number of hydrogen-bond acceptors (Lipinski definition) is 2. The molecule has 2 aromatic carbocycles. The summed E-state index contributed by atoms with van der Waals surface area (Å²) < 4.78 is 3.00. The molecular weight excluding hydrogens is 887 g/mol. The summed E-state index contributed by atoms with van der Waals surface area (Å²) >= 11 is 28.2. The first-order valence-corrected chi connectivity index (χ1v) is 14.8. The lowest BCUT2D eigenvalue weighted by atomic mass is 9.89. The van der Waals surface area contributed by atoms with E-state index in [-0.39, 0.29) is 19.0 Å². The quantitative estimate of drug-likeness (QED) is 0.165. The molecule has 10 heteroatoms. The van der Waals surface area contributed by atoms with Gasteiger partial charge in [0.15, 0.2) is 0 Å². The number of hydrogen-bond donors (Lipinski definition) is 2. The molecule has 0 aliphatic rings. The van der Waals surface area contributed by atoms with E-state index in [1.54, 1.807) is 6.07 Å². The van der Waals surface area contributed by atoms with Gasteiger partial charge in [0.1, 0.15) is 11.5 Å². The molecule has 2 nitrogen and oxygen atoms in total. The summed E-state index contributed by atoms with van der Waals surface area (Å²) in [6, 6.07) is 3.66. The van der Waals surface area contributed by atoms with E-state index in [0.717, 1.165) is 41.3 Å². The largest absolute Gasteiger partial charge is 0.507 e. The average Bonchev–Trinajstić information content (AvgIpc) is 2.63. The second-order valence-electron chi connectivity index (χ2n) is 5.94. The highest BCUT2D eigenvalue weighted by atomic mass is 79.9. The first-order chi connectivity index (χ1) is 13.1. The molecule has 154 valence electrons. The summed E-state index contributed by atoms with van der Waals surface area (Å²) in [6.07, 6.45) is 3.28. The molecule has 2 rings (SSSR count). The Morgan fingerprint density at radius 3 is 1.79 bits per heavy atom. The average molecular weight is 902 g/mol. The topological polar surface area (TPSA) is 40.5 Å². The lowest BCUT2D eigenvalue weighted by molar-refractivity contribution is 0.465. The molecule has 0 unspecified atom stereocenters. The van der Waals surface area contributed by atoms with Crippen molar-refractivity contribution in [2.75, 3.05) is 0 Å². The molecule has 0 heterocycles.